The summed E-state index contributed by atoms with van der Waals surface area (Å²) < 4.78 is 17.2. The van der Waals surface area contributed by atoms with Crippen molar-refractivity contribution in [2.75, 3.05) is 11.5 Å². The van der Waals surface area contributed by atoms with Gasteiger partial charge in [-0.2, -0.15) is 15.3 Å². The van der Waals surface area contributed by atoms with E-state index >= 15 is 0 Å². The first-order valence-corrected chi connectivity index (χ1v) is 10.3. The smallest absolute Gasteiger partial charge is 0.424 e. The summed E-state index contributed by atoms with van der Waals surface area (Å²) in [5.74, 6) is -0.813. The molecule has 10 heteroatoms. The molecule has 0 atom stereocenters. The molecule has 0 aliphatic rings. The van der Waals surface area contributed by atoms with Crippen LogP contribution in [0.4, 0.5) is 15.3 Å². The summed E-state index contributed by atoms with van der Waals surface area (Å²) in [5.41, 5.74) is -1.38. The van der Waals surface area contributed by atoms with E-state index < -0.39 is 29.4 Å². The maximum atomic E-state index is 13.0. The van der Waals surface area contributed by atoms with Crippen molar-refractivity contribution in [1.82, 2.24) is 9.78 Å². The van der Waals surface area contributed by atoms with Gasteiger partial charge >= 0.3 is 18.2 Å². The van der Waals surface area contributed by atoms with Gasteiger partial charge in [-0.15, -0.1) is 0 Å². The van der Waals surface area contributed by atoms with E-state index in [4.69, 9.17) is 19.5 Å². The van der Waals surface area contributed by atoms with E-state index in [0.29, 0.717) is 16.2 Å². The van der Waals surface area contributed by atoms with Crippen molar-refractivity contribution in [3.8, 4) is 11.8 Å². The second-order valence-corrected chi connectivity index (χ2v) is 8.97. The highest BCUT2D eigenvalue weighted by molar-refractivity contribution is 6.13. The molecule has 0 saturated carbocycles. The Labute approximate surface area is 192 Å². The monoisotopic (exact) mass is 456 g/mol. The van der Waals surface area contributed by atoms with Gasteiger partial charge in [-0.1, -0.05) is 0 Å². The lowest BCUT2D eigenvalue weighted by Crippen LogP contribution is -2.44. The zero-order chi connectivity index (χ0) is 25.0. The van der Waals surface area contributed by atoms with E-state index in [1.54, 1.807) is 72.7 Å². The maximum Gasteiger partial charge on any atom is 0.424 e. The Balaban J connectivity index is 2.69. The van der Waals surface area contributed by atoms with Crippen molar-refractivity contribution in [3.63, 3.8) is 0 Å². The maximum absolute atomic E-state index is 13.0. The second kappa shape index (κ2) is 9.73. The van der Waals surface area contributed by atoms with Crippen LogP contribution < -0.4 is 4.90 Å². The second-order valence-electron chi connectivity index (χ2n) is 8.97. The van der Waals surface area contributed by atoms with Gasteiger partial charge in [0.05, 0.1) is 30.1 Å². The molecule has 0 radical (unpaired) electrons. The molecule has 1 heterocycles. The molecule has 2 rings (SSSR count). The molecule has 33 heavy (non-hydrogen) atoms. The van der Waals surface area contributed by atoms with Gasteiger partial charge in [-0.25, -0.2) is 19.1 Å². The number of hydrogen-bond donors (Lipinski definition) is 0. The molecular weight excluding hydrogens is 428 g/mol. The summed E-state index contributed by atoms with van der Waals surface area (Å²) in [4.78, 5) is 39.6. The Morgan fingerprint density at radius 1 is 1.00 bits per heavy atom. The van der Waals surface area contributed by atoms with Gasteiger partial charge in [-0.3, -0.25) is 0 Å². The first kappa shape index (κ1) is 25.4. The minimum atomic E-state index is -1.04. The standard InChI is InChI=1S/C23H28N4O6/c1-8-31-19(28)18-17(14-25-27(18)16-11-9-15(13-24)10-12-16)26(20(29)32-22(2,3)4)21(30)33-23(5,6)7/h9-12,14H,8H2,1-7H3. The Morgan fingerprint density at radius 2 is 1.52 bits per heavy atom. The van der Waals surface area contributed by atoms with E-state index in [2.05, 4.69) is 5.10 Å². The van der Waals surface area contributed by atoms with Crippen LogP contribution in [-0.2, 0) is 14.2 Å². The molecule has 0 aliphatic carbocycles. The highest BCUT2D eigenvalue weighted by atomic mass is 16.6. The summed E-state index contributed by atoms with van der Waals surface area (Å²) in [7, 11) is 0. The molecular formula is C23H28N4O6. The number of ether oxygens (including phenoxy) is 3. The van der Waals surface area contributed by atoms with Crippen molar-refractivity contribution < 1.29 is 28.6 Å². The van der Waals surface area contributed by atoms with Crippen LogP contribution in [0.2, 0.25) is 0 Å². The largest absolute Gasteiger partial charge is 0.461 e. The number of anilines is 1. The number of carbonyl (C=O) groups excluding carboxylic acids is 3. The number of imide groups is 1. The Kier molecular flexibility index (Phi) is 7.49. The molecule has 1 aromatic carbocycles. The first-order valence-electron chi connectivity index (χ1n) is 10.3. The van der Waals surface area contributed by atoms with Crippen LogP contribution in [-0.4, -0.2) is 45.7 Å². The summed E-state index contributed by atoms with van der Waals surface area (Å²) >= 11 is 0. The Hall–Kier alpha value is -3.87. The number of amides is 2. The average Bonchev–Trinajstić information content (AvgIpc) is 3.10. The third-order valence-corrected chi connectivity index (χ3v) is 3.85. The van der Waals surface area contributed by atoms with Gasteiger partial charge in [0.25, 0.3) is 0 Å². The molecule has 0 fully saturated rings. The zero-order valence-electron chi connectivity index (χ0n) is 19.8. The molecule has 2 amide bonds. The normalized spacial score (nSPS) is 11.3. The van der Waals surface area contributed by atoms with Crippen LogP contribution in [0, 0.1) is 11.3 Å². The molecule has 0 unspecified atom stereocenters. The molecule has 0 N–H and O–H groups in total. The van der Waals surface area contributed by atoms with Crippen LogP contribution in [0.1, 0.15) is 64.5 Å². The van der Waals surface area contributed by atoms with Crippen LogP contribution in [0.15, 0.2) is 30.5 Å². The first-order chi connectivity index (χ1) is 15.3. The van der Waals surface area contributed by atoms with E-state index in [0.717, 1.165) is 0 Å². The van der Waals surface area contributed by atoms with E-state index in [-0.39, 0.29) is 18.0 Å². The fourth-order valence-corrected chi connectivity index (χ4v) is 2.65. The lowest BCUT2D eigenvalue weighted by Gasteiger charge is -2.28. The number of nitriles is 1. The van der Waals surface area contributed by atoms with Gasteiger partial charge < -0.3 is 14.2 Å². The lowest BCUT2D eigenvalue weighted by atomic mass is 10.2. The zero-order valence-corrected chi connectivity index (χ0v) is 19.8. The number of esters is 1. The molecule has 0 bridgehead atoms. The van der Waals surface area contributed by atoms with Crippen molar-refractivity contribution in [2.45, 2.75) is 59.7 Å². The quantitative estimate of drug-likeness (QED) is 0.483. The average molecular weight is 456 g/mol. The summed E-state index contributed by atoms with van der Waals surface area (Å²) in [5, 5.41) is 13.2. The molecule has 1 aromatic heterocycles. The molecule has 0 spiro atoms. The van der Waals surface area contributed by atoms with Gasteiger partial charge in [0.1, 0.15) is 16.9 Å². The van der Waals surface area contributed by atoms with Crippen LogP contribution >= 0.6 is 0 Å². The number of carbonyl (C=O) groups is 3. The van der Waals surface area contributed by atoms with Gasteiger partial charge in [0.2, 0.25) is 0 Å². The SMILES string of the molecule is CCOC(=O)c1c(N(C(=O)OC(C)(C)C)C(=O)OC(C)(C)C)cnn1-c1ccc(C#N)cc1. The summed E-state index contributed by atoms with van der Waals surface area (Å²) in [6, 6.07) is 8.25. The number of benzene rings is 1. The Morgan fingerprint density at radius 3 is 1.94 bits per heavy atom. The number of aromatic nitrogens is 2. The van der Waals surface area contributed by atoms with E-state index in [1.807, 2.05) is 6.07 Å². The van der Waals surface area contributed by atoms with Crippen LogP contribution in [0.3, 0.4) is 0 Å². The van der Waals surface area contributed by atoms with E-state index in [1.165, 1.54) is 10.9 Å². The van der Waals surface area contributed by atoms with Gasteiger partial charge in [0, 0.05) is 0 Å². The van der Waals surface area contributed by atoms with Crippen molar-refractivity contribution >= 4 is 23.8 Å². The third-order valence-electron chi connectivity index (χ3n) is 3.85. The van der Waals surface area contributed by atoms with Crippen molar-refractivity contribution in [1.29, 1.82) is 5.26 Å². The minimum absolute atomic E-state index is 0.0513. The van der Waals surface area contributed by atoms with Crippen molar-refractivity contribution in [2.24, 2.45) is 0 Å². The molecule has 0 saturated heterocycles. The van der Waals surface area contributed by atoms with Crippen LogP contribution in [0.25, 0.3) is 5.69 Å². The predicted molar refractivity (Wildman–Crippen MR) is 119 cm³/mol. The van der Waals surface area contributed by atoms with Crippen LogP contribution in [0.5, 0.6) is 0 Å². The summed E-state index contributed by atoms with van der Waals surface area (Å²) in [6.45, 7) is 11.5. The molecule has 2 aromatic rings. The minimum Gasteiger partial charge on any atom is -0.461 e. The lowest BCUT2D eigenvalue weighted by molar-refractivity contribution is 0.0430. The molecule has 176 valence electrons. The number of rotatable bonds is 4. The highest BCUT2D eigenvalue weighted by Crippen LogP contribution is 2.28. The summed E-state index contributed by atoms with van der Waals surface area (Å²) in [6.07, 6.45) is -0.901. The van der Waals surface area contributed by atoms with Gasteiger partial charge in [-0.05, 0) is 72.7 Å². The highest BCUT2D eigenvalue weighted by Gasteiger charge is 2.37. The number of hydrogen-bond acceptors (Lipinski definition) is 8. The third kappa shape index (κ3) is 6.55. The molecule has 0 aliphatic heterocycles. The molecule has 10 nitrogen and oxygen atoms in total. The predicted octanol–water partition coefficient (Wildman–Crippen LogP) is 4.60. The van der Waals surface area contributed by atoms with E-state index in [9.17, 15) is 14.4 Å². The van der Waals surface area contributed by atoms with Crippen molar-refractivity contribution in [3.05, 3.63) is 41.7 Å². The fraction of sp³-hybridized carbons (Fsp3) is 0.435. The van der Waals surface area contributed by atoms with Gasteiger partial charge in [0.15, 0.2) is 5.69 Å². The number of nitrogens with zero attached hydrogens (tertiary/aromatic N) is 4. The topological polar surface area (TPSA) is 124 Å². The fourth-order valence-electron chi connectivity index (χ4n) is 2.65. The Bertz CT molecular complexity index is 1040.